The summed E-state index contributed by atoms with van der Waals surface area (Å²) in [6.07, 6.45) is 3.05. The maximum atomic E-state index is 12.3. The molecular weight excluding hydrogens is 320 g/mol. The molecule has 0 saturated heterocycles. The average molecular weight is 335 g/mol. The smallest absolute Gasteiger partial charge is 0.257 e. The molecule has 1 aromatic carbocycles. The molecule has 104 valence electrons. The summed E-state index contributed by atoms with van der Waals surface area (Å²) in [4.78, 5) is 16.2. The minimum Gasteiger partial charge on any atom is -0.322 e. The molecule has 2 rings (SSSR count). The summed E-state index contributed by atoms with van der Waals surface area (Å²) < 4.78 is 0.847. The van der Waals surface area contributed by atoms with Crippen LogP contribution in [-0.4, -0.2) is 10.9 Å². The Morgan fingerprint density at radius 2 is 2.10 bits per heavy atom. The number of nitrogens with two attached hydrogens (primary N) is 1. The molecule has 0 fully saturated rings. The summed E-state index contributed by atoms with van der Waals surface area (Å²) >= 11 is 3.47. The molecule has 0 unspecified atom stereocenters. The molecule has 0 saturated carbocycles. The van der Waals surface area contributed by atoms with Gasteiger partial charge in [-0.15, -0.1) is 0 Å². The van der Waals surface area contributed by atoms with E-state index in [-0.39, 0.29) is 5.91 Å². The van der Waals surface area contributed by atoms with Gasteiger partial charge in [0.05, 0.1) is 23.1 Å². The number of amides is 1. The van der Waals surface area contributed by atoms with Crippen molar-refractivity contribution in [3.05, 3.63) is 51.8 Å². The molecule has 0 radical (unpaired) electrons. The highest BCUT2D eigenvalue weighted by Crippen LogP contribution is 2.28. The van der Waals surface area contributed by atoms with Crippen molar-refractivity contribution >= 4 is 33.2 Å². The fraction of sp³-hybridized carbons (Fsp3) is 0.143. The number of carbonyl (C=O) groups excluding carboxylic acids is 1. The lowest BCUT2D eigenvalue weighted by Crippen LogP contribution is -2.18. The molecule has 1 aromatic heterocycles. The van der Waals surface area contributed by atoms with Gasteiger partial charge in [-0.25, -0.2) is 0 Å². The number of aryl methyl sites for hydroxylation is 2. The van der Waals surface area contributed by atoms with Crippen LogP contribution in [0.4, 0.5) is 11.4 Å². The molecule has 0 aliphatic carbocycles. The lowest BCUT2D eigenvalue weighted by Gasteiger charge is -2.13. The van der Waals surface area contributed by atoms with E-state index in [4.69, 9.17) is 5.84 Å². The normalized spacial score (nSPS) is 10.2. The van der Waals surface area contributed by atoms with Gasteiger partial charge in [-0.05, 0) is 53.0 Å². The number of hydrogen-bond acceptors (Lipinski definition) is 4. The van der Waals surface area contributed by atoms with Gasteiger partial charge in [0, 0.05) is 10.7 Å². The third-order valence-electron chi connectivity index (χ3n) is 2.89. The van der Waals surface area contributed by atoms with E-state index in [0.29, 0.717) is 11.3 Å². The van der Waals surface area contributed by atoms with E-state index in [1.807, 2.05) is 26.0 Å². The Morgan fingerprint density at radius 3 is 2.75 bits per heavy atom. The SMILES string of the molecule is Cc1cc(C)c(NC(=O)c2ccncc2NN)c(Br)c1. The van der Waals surface area contributed by atoms with E-state index in [1.165, 1.54) is 6.20 Å². The second-order valence-electron chi connectivity index (χ2n) is 4.46. The Hall–Kier alpha value is -1.92. The van der Waals surface area contributed by atoms with Gasteiger partial charge in [-0.3, -0.25) is 15.6 Å². The van der Waals surface area contributed by atoms with Crippen LogP contribution in [0.15, 0.2) is 35.1 Å². The minimum atomic E-state index is -0.243. The highest BCUT2D eigenvalue weighted by molar-refractivity contribution is 9.10. The van der Waals surface area contributed by atoms with Crippen molar-refractivity contribution in [3.63, 3.8) is 0 Å². The van der Waals surface area contributed by atoms with Crippen LogP contribution >= 0.6 is 15.9 Å². The first-order valence-corrected chi connectivity index (χ1v) is 6.81. The van der Waals surface area contributed by atoms with Crippen molar-refractivity contribution in [1.29, 1.82) is 0 Å². The van der Waals surface area contributed by atoms with E-state index >= 15 is 0 Å². The lowest BCUT2D eigenvalue weighted by molar-refractivity contribution is 0.102. The van der Waals surface area contributed by atoms with Crippen LogP contribution in [0.2, 0.25) is 0 Å². The molecule has 0 spiro atoms. The van der Waals surface area contributed by atoms with E-state index in [9.17, 15) is 4.79 Å². The van der Waals surface area contributed by atoms with Crippen LogP contribution in [-0.2, 0) is 0 Å². The second-order valence-corrected chi connectivity index (χ2v) is 5.31. The van der Waals surface area contributed by atoms with Crippen LogP contribution in [0.5, 0.6) is 0 Å². The number of rotatable bonds is 3. The van der Waals surface area contributed by atoms with Crippen molar-refractivity contribution in [2.75, 3.05) is 10.7 Å². The number of nitrogens with one attached hydrogen (secondary N) is 2. The van der Waals surface area contributed by atoms with Crippen LogP contribution in [0, 0.1) is 13.8 Å². The molecule has 0 atom stereocenters. The van der Waals surface area contributed by atoms with E-state index in [2.05, 4.69) is 31.7 Å². The van der Waals surface area contributed by atoms with Gasteiger partial charge in [0.1, 0.15) is 0 Å². The molecule has 0 aliphatic heterocycles. The first kappa shape index (κ1) is 14.5. The third-order valence-corrected chi connectivity index (χ3v) is 3.52. The minimum absolute atomic E-state index is 0.243. The summed E-state index contributed by atoms with van der Waals surface area (Å²) in [7, 11) is 0. The van der Waals surface area contributed by atoms with Crippen molar-refractivity contribution in [1.82, 2.24) is 4.98 Å². The topological polar surface area (TPSA) is 80.0 Å². The number of halogens is 1. The Kier molecular flexibility index (Phi) is 4.36. The Balaban J connectivity index is 2.33. The number of hydrazine groups is 1. The largest absolute Gasteiger partial charge is 0.322 e. The maximum absolute atomic E-state index is 12.3. The fourth-order valence-electron chi connectivity index (χ4n) is 1.96. The number of carbonyl (C=O) groups is 1. The quantitative estimate of drug-likeness (QED) is 0.595. The average Bonchev–Trinajstić information content (AvgIpc) is 2.42. The van der Waals surface area contributed by atoms with Gasteiger partial charge in [0.25, 0.3) is 5.91 Å². The molecule has 5 nitrogen and oxygen atoms in total. The maximum Gasteiger partial charge on any atom is 0.257 e. The Morgan fingerprint density at radius 1 is 1.35 bits per heavy atom. The van der Waals surface area contributed by atoms with E-state index in [0.717, 1.165) is 21.3 Å². The van der Waals surface area contributed by atoms with Gasteiger partial charge in [0.15, 0.2) is 0 Å². The summed E-state index contributed by atoms with van der Waals surface area (Å²) in [5.41, 5.74) is 6.25. The van der Waals surface area contributed by atoms with E-state index in [1.54, 1.807) is 12.3 Å². The first-order valence-electron chi connectivity index (χ1n) is 6.01. The zero-order valence-corrected chi connectivity index (χ0v) is 12.8. The number of aromatic nitrogens is 1. The molecule has 0 bridgehead atoms. The zero-order chi connectivity index (χ0) is 14.7. The Labute approximate surface area is 125 Å². The van der Waals surface area contributed by atoms with Crippen LogP contribution in [0.25, 0.3) is 0 Å². The number of anilines is 2. The number of hydrogen-bond donors (Lipinski definition) is 3. The zero-order valence-electron chi connectivity index (χ0n) is 11.2. The van der Waals surface area contributed by atoms with E-state index < -0.39 is 0 Å². The highest BCUT2D eigenvalue weighted by atomic mass is 79.9. The van der Waals surface area contributed by atoms with Gasteiger partial charge in [0.2, 0.25) is 0 Å². The van der Waals surface area contributed by atoms with Crippen LogP contribution < -0.4 is 16.6 Å². The molecule has 1 amide bonds. The van der Waals surface area contributed by atoms with Gasteiger partial charge in [-0.2, -0.15) is 0 Å². The van der Waals surface area contributed by atoms with Crippen molar-refractivity contribution in [3.8, 4) is 0 Å². The van der Waals surface area contributed by atoms with Crippen molar-refractivity contribution in [2.24, 2.45) is 5.84 Å². The van der Waals surface area contributed by atoms with Crippen LogP contribution in [0.1, 0.15) is 21.5 Å². The number of pyridine rings is 1. The monoisotopic (exact) mass is 334 g/mol. The second kappa shape index (κ2) is 6.02. The van der Waals surface area contributed by atoms with Crippen molar-refractivity contribution in [2.45, 2.75) is 13.8 Å². The molecule has 20 heavy (non-hydrogen) atoms. The number of nitrogens with zero attached hydrogens (tertiary/aromatic N) is 1. The lowest BCUT2D eigenvalue weighted by atomic mass is 10.1. The fourth-order valence-corrected chi connectivity index (χ4v) is 2.74. The summed E-state index contributed by atoms with van der Waals surface area (Å²) in [6, 6.07) is 5.58. The van der Waals surface area contributed by atoms with Gasteiger partial charge in [-0.1, -0.05) is 6.07 Å². The molecule has 2 aromatic rings. The third kappa shape index (κ3) is 2.97. The van der Waals surface area contributed by atoms with Gasteiger partial charge >= 0.3 is 0 Å². The summed E-state index contributed by atoms with van der Waals surface area (Å²) in [5.74, 6) is 5.14. The summed E-state index contributed by atoms with van der Waals surface area (Å²) in [5, 5.41) is 2.89. The van der Waals surface area contributed by atoms with Crippen molar-refractivity contribution < 1.29 is 4.79 Å². The predicted octanol–water partition coefficient (Wildman–Crippen LogP) is 3.00. The predicted molar refractivity (Wildman–Crippen MR) is 83.6 cm³/mol. The molecule has 6 heteroatoms. The standard InChI is InChI=1S/C14H15BrN4O/c1-8-5-9(2)13(11(15)6-8)18-14(20)10-3-4-17-7-12(10)19-16/h3-7,19H,16H2,1-2H3,(H,18,20). The first-order chi connectivity index (χ1) is 9.52. The molecule has 4 N–H and O–H groups in total. The molecule has 1 heterocycles. The summed E-state index contributed by atoms with van der Waals surface area (Å²) in [6.45, 7) is 3.95. The molecular formula is C14H15BrN4O. The highest BCUT2D eigenvalue weighted by Gasteiger charge is 2.14. The van der Waals surface area contributed by atoms with Crippen LogP contribution in [0.3, 0.4) is 0 Å². The Bertz CT molecular complexity index is 634. The molecule has 0 aliphatic rings. The van der Waals surface area contributed by atoms with Gasteiger partial charge < -0.3 is 10.7 Å². The number of benzene rings is 1. The number of nitrogen functional groups attached to an aromatic ring is 1.